The van der Waals surface area contributed by atoms with Gasteiger partial charge in [-0.15, -0.1) is 0 Å². The summed E-state index contributed by atoms with van der Waals surface area (Å²) in [4.78, 5) is 0. The third-order valence-electron chi connectivity index (χ3n) is 3.64. The Morgan fingerprint density at radius 1 is 1.00 bits per heavy atom. The number of hydrogen-bond donors (Lipinski definition) is 1. The smallest absolute Gasteiger partial charge is 0.0489 e. The fraction of sp³-hybridized carbons (Fsp3) is 0.474. The van der Waals surface area contributed by atoms with Crippen molar-refractivity contribution in [3.63, 3.8) is 0 Å². The molecule has 0 spiro atoms. The topological polar surface area (TPSA) is 21.3 Å². The first-order valence-corrected chi connectivity index (χ1v) is 7.96. The third-order valence-corrected chi connectivity index (χ3v) is 3.64. The second kappa shape index (κ2) is 8.16. The van der Waals surface area contributed by atoms with Gasteiger partial charge < -0.3 is 10.1 Å². The maximum absolute atomic E-state index is 5.60. The van der Waals surface area contributed by atoms with Gasteiger partial charge in [0.05, 0.1) is 0 Å². The summed E-state index contributed by atoms with van der Waals surface area (Å²) in [6, 6.07) is 15.6. The molecule has 1 atom stereocenters. The van der Waals surface area contributed by atoms with Crippen molar-refractivity contribution in [1.29, 1.82) is 0 Å². The van der Waals surface area contributed by atoms with Crippen LogP contribution in [0.15, 0.2) is 42.5 Å². The Bertz CT molecular complexity index is 550. The van der Waals surface area contributed by atoms with Crippen LogP contribution in [-0.2, 0) is 4.74 Å². The minimum atomic E-state index is 0.375. The molecule has 0 aliphatic heterocycles. The summed E-state index contributed by atoms with van der Waals surface area (Å²) in [6.45, 7) is 9.28. The second-order valence-corrected chi connectivity index (χ2v) is 6.10. The van der Waals surface area contributed by atoms with E-state index in [0.29, 0.717) is 12.0 Å². The molecule has 0 bridgehead atoms. The molecule has 2 rings (SSSR count). The molecule has 2 aromatic carbocycles. The minimum absolute atomic E-state index is 0.375. The van der Waals surface area contributed by atoms with Gasteiger partial charge in [-0.05, 0) is 48.2 Å². The van der Waals surface area contributed by atoms with Gasteiger partial charge in [-0.25, -0.2) is 0 Å². The van der Waals surface area contributed by atoms with Crippen molar-refractivity contribution in [2.75, 3.05) is 19.8 Å². The average molecular weight is 285 g/mol. The number of rotatable bonds is 8. The van der Waals surface area contributed by atoms with E-state index < -0.39 is 0 Å². The van der Waals surface area contributed by atoms with Gasteiger partial charge in [0.2, 0.25) is 0 Å². The van der Waals surface area contributed by atoms with Gasteiger partial charge in [-0.1, -0.05) is 50.2 Å². The zero-order valence-electron chi connectivity index (χ0n) is 13.4. The highest BCUT2D eigenvalue weighted by molar-refractivity contribution is 5.83. The highest BCUT2D eigenvalue weighted by atomic mass is 16.5. The van der Waals surface area contributed by atoms with Crippen LogP contribution in [0.4, 0.5) is 0 Å². The van der Waals surface area contributed by atoms with Crippen molar-refractivity contribution in [3.8, 4) is 0 Å². The van der Waals surface area contributed by atoms with Gasteiger partial charge in [-0.3, -0.25) is 0 Å². The van der Waals surface area contributed by atoms with E-state index in [1.807, 2.05) is 0 Å². The molecule has 2 heteroatoms. The Morgan fingerprint density at radius 2 is 1.76 bits per heavy atom. The first-order chi connectivity index (χ1) is 10.2. The maximum atomic E-state index is 5.60. The zero-order chi connectivity index (χ0) is 15.1. The summed E-state index contributed by atoms with van der Waals surface area (Å²) in [5.41, 5.74) is 1.34. The van der Waals surface area contributed by atoms with Gasteiger partial charge in [0, 0.05) is 19.3 Å². The van der Waals surface area contributed by atoms with Gasteiger partial charge >= 0.3 is 0 Å². The maximum Gasteiger partial charge on any atom is 0.0489 e. The molecule has 1 unspecified atom stereocenters. The average Bonchev–Trinajstić information content (AvgIpc) is 2.49. The van der Waals surface area contributed by atoms with E-state index in [2.05, 4.69) is 68.6 Å². The molecule has 114 valence electrons. The first-order valence-electron chi connectivity index (χ1n) is 7.96. The number of benzene rings is 2. The lowest BCUT2D eigenvalue weighted by atomic mass is 10.0. The first kappa shape index (κ1) is 16.0. The van der Waals surface area contributed by atoms with E-state index in [9.17, 15) is 0 Å². The second-order valence-electron chi connectivity index (χ2n) is 6.10. The fourth-order valence-electron chi connectivity index (χ4n) is 2.41. The number of nitrogens with one attached hydrogen (secondary N) is 1. The molecule has 21 heavy (non-hydrogen) atoms. The molecular weight excluding hydrogens is 258 g/mol. The third kappa shape index (κ3) is 5.14. The van der Waals surface area contributed by atoms with Gasteiger partial charge in [0.1, 0.15) is 0 Å². The summed E-state index contributed by atoms with van der Waals surface area (Å²) in [7, 11) is 0. The monoisotopic (exact) mass is 285 g/mol. The van der Waals surface area contributed by atoms with Crippen molar-refractivity contribution in [3.05, 3.63) is 48.0 Å². The fourth-order valence-corrected chi connectivity index (χ4v) is 2.41. The molecule has 2 nitrogen and oxygen atoms in total. The summed E-state index contributed by atoms with van der Waals surface area (Å²) >= 11 is 0. The SMILES string of the molecule is CC(C)COCCCNC(C)c1ccc2ccccc2c1. The van der Waals surface area contributed by atoms with Gasteiger partial charge in [-0.2, -0.15) is 0 Å². The molecule has 1 N–H and O–H groups in total. The number of hydrogen-bond acceptors (Lipinski definition) is 2. The van der Waals surface area contributed by atoms with Crippen molar-refractivity contribution >= 4 is 10.8 Å². The molecule has 0 radical (unpaired) electrons. The predicted molar refractivity (Wildman–Crippen MR) is 90.6 cm³/mol. The van der Waals surface area contributed by atoms with Crippen molar-refractivity contribution < 1.29 is 4.74 Å². The number of fused-ring (bicyclic) bond motifs is 1. The quantitative estimate of drug-likeness (QED) is 0.718. The van der Waals surface area contributed by atoms with Crippen LogP contribution in [0, 0.1) is 5.92 Å². The van der Waals surface area contributed by atoms with E-state index >= 15 is 0 Å². The van der Waals surface area contributed by atoms with Crippen LogP contribution in [-0.4, -0.2) is 19.8 Å². The van der Waals surface area contributed by atoms with E-state index in [4.69, 9.17) is 4.74 Å². The lowest BCUT2D eigenvalue weighted by molar-refractivity contribution is 0.107. The highest BCUT2D eigenvalue weighted by Crippen LogP contribution is 2.20. The molecular formula is C19H27NO. The lowest BCUT2D eigenvalue weighted by Gasteiger charge is -2.15. The Hall–Kier alpha value is -1.38. The Labute approximate surface area is 128 Å². The van der Waals surface area contributed by atoms with E-state index in [0.717, 1.165) is 26.2 Å². The van der Waals surface area contributed by atoms with E-state index in [-0.39, 0.29) is 0 Å². The Kier molecular flexibility index (Phi) is 6.21. The molecule has 0 saturated heterocycles. The molecule has 0 aromatic heterocycles. The van der Waals surface area contributed by atoms with Crippen molar-refractivity contribution in [2.24, 2.45) is 5.92 Å². The Balaban J connectivity index is 1.78. The Morgan fingerprint density at radius 3 is 2.52 bits per heavy atom. The summed E-state index contributed by atoms with van der Waals surface area (Å²) in [6.07, 6.45) is 1.06. The molecule has 0 amide bonds. The number of ether oxygens (including phenoxy) is 1. The summed E-state index contributed by atoms with van der Waals surface area (Å²) in [5, 5.41) is 6.18. The van der Waals surface area contributed by atoms with Crippen LogP contribution in [0.2, 0.25) is 0 Å². The predicted octanol–water partition coefficient (Wildman–Crippen LogP) is 4.55. The highest BCUT2D eigenvalue weighted by Gasteiger charge is 2.05. The molecule has 0 aliphatic carbocycles. The van der Waals surface area contributed by atoms with Crippen LogP contribution in [0.5, 0.6) is 0 Å². The normalized spacial score (nSPS) is 13.0. The van der Waals surface area contributed by atoms with Crippen LogP contribution >= 0.6 is 0 Å². The molecule has 0 aliphatic rings. The molecule has 0 heterocycles. The van der Waals surface area contributed by atoms with E-state index in [1.54, 1.807) is 0 Å². The zero-order valence-corrected chi connectivity index (χ0v) is 13.4. The largest absolute Gasteiger partial charge is 0.381 e. The molecule has 0 saturated carbocycles. The molecule has 2 aromatic rings. The standard InChI is InChI=1S/C19H27NO/c1-15(2)14-21-12-6-11-20-16(3)18-10-9-17-7-4-5-8-19(17)13-18/h4-5,7-10,13,15-16,20H,6,11-12,14H2,1-3H3. The summed E-state index contributed by atoms with van der Waals surface area (Å²) in [5.74, 6) is 0.620. The van der Waals surface area contributed by atoms with Gasteiger partial charge in [0.25, 0.3) is 0 Å². The van der Waals surface area contributed by atoms with Crippen LogP contribution in [0.3, 0.4) is 0 Å². The summed E-state index contributed by atoms with van der Waals surface area (Å²) < 4.78 is 5.60. The van der Waals surface area contributed by atoms with Crippen molar-refractivity contribution in [2.45, 2.75) is 33.2 Å². The van der Waals surface area contributed by atoms with Gasteiger partial charge in [0.15, 0.2) is 0 Å². The van der Waals surface area contributed by atoms with Crippen LogP contribution < -0.4 is 5.32 Å². The lowest BCUT2D eigenvalue weighted by Crippen LogP contribution is -2.21. The van der Waals surface area contributed by atoms with Crippen LogP contribution in [0.1, 0.15) is 38.8 Å². The van der Waals surface area contributed by atoms with E-state index in [1.165, 1.54) is 16.3 Å². The van der Waals surface area contributed by atoms with Crippen molar-refractivity contribution in [1.82, 2.24) is 5.32 Å². The van der Waals surface area contributed by atoms with Crippen LogP contribution in [0.25, 0.3) is 10.8 Å². The molecule has 0 fully saturated rings. The minimum Gasteiger partial charge on any atom is -0.381 e.